The lowest BCUT2D eigenvalue weighted by atomic mass is 10.1. The van der Waals surface area contributed by atoms with Crippen LogP contribution in [0.3, 0.4) is 0 Å². The molecule has 1 unspecified atom stereocenters. The Balaban J connectivity index is 2.52. The molecule has 0 fully saturated rings. The summed E-state index contributed by atoms with van der Waals surface area (Å²) in [5, 5.41) is 11.9. The van der Waals surface area contributed by atoms with E-state index < -0.39 is 0 Å². The number of nitrogens with one attached hydrogen (secondary N) is 1. The highest BCUT2D eigenvalue weighted by molar-refractivity contribution is 9.11. The quantitative estimate of drug-likeness (QED) is 0.820. The average Bonchev–Trinajstić information content (AvgIpc) is 2.68. The molecule has 0 bridgehead atoms. The fourth-order valence-corrected chi connectivity index (χ4v) is 2.56. The Morgan fingerprint density at radius 3 is 2.76 bits per heavy atom. The Hall–Kier alpha value is -0.650. The number of thiophene rings is 1. The van der Waals surface area contributed by atoms with Crippen LogP contribution in [0.4, 0.5) is 0 Å². The zero-order valence-electron chi connectivity index (χ0n) is 9.81. The molecule has 0 spiro atoms. The minimum atomic E-state index is -0.192. The molecule has 0 aromatic carbocycles. The second-order valence-corrected chi connectivity index (χ2v) is 6.51. The van der Waals surface area contributed by atoms with Gasteiger partial charge in [0.2, 0.25) is 5.91 Å². The van der Waals surface area contributed by atoms with Crippen molar-refractivity contribution in [1.29, 1.82) is 0 Å². The van der Waals surface area contributed by atoms with Gasteiger partial charge in [-0.05, 0) is 40.1 Å². The Kier molecular flexibility index (Phi) is 5.88. The fourth-order valence-electron chi connectivity index (χ4n) is 1.23. The Morgan fingerprint density at radius 2 is 2.29 bits per heavy atom. The highest BCUT2D eigenvalue weighted by atomic mass is 79.9. The van der Waals surface area contributed by atoms with E-state index in [0.29, 0.717) is 0 Å². The van der Waals surface area contributed by atoms with Gasteiger partial charge >= 0.3 is 0 Å². The number of halogens is 1. The number of amides is 1. The van der Waals surface area contributed by atoms with Crippen LogP contribution in [0, 0.1) is 5.92 Å². The third-order valence-electron chi connectivity index (χ3n) is 2.32. The number of hydrogen-bond donors (Lipinski definition) is 2. The standard InChI is InChI=1S/C12H16BrNO2S/c1-8(2)10(7-15)14-12(16)6-4-9-3-5-11(13)17-9/h3-6,8,10,15H,7H2,1-2H3,(H,14,16). The molecule has 1 amide bonds. The largest absolute Gasteiger partial charge is 0.394 e. The van der Waals surface area contributed by atoms with E-state index in [1.54, 1.807) is 17.4 Å². The van der Waals surface area contributed by atoms with E-state index >= 15 is 0 Å². The molecule has 94 valence electrons. The summed E-state index contributed by atoms with van der Waals surface area (Å²) in [7, 11) is 0. The minimum Gasteiger partial charge on any atom is -0.394 e. The van der Waals surface area contributed by atoms with E-state index in [2.05, 4.69) is 21.2 Å². The molecule has 1 rings (SSSR count). The second kappa shape index (κ2) is 6.93. The maximum atomic E-state index is 11.6. The molecular formula is C12H16BrNO2S. The van der Waals surface area contributed by atoms with Gasteiger partial charge in [0.1, 0.15) is 0 Å². The summed E-state index contributed by atoms with van der Waals surface area (Å²) in [6.07, 6.45) is 3.25. The van der Waals surface area contributed by atoms with E-state index in [0.717, 1.165) is 8.66 Å². The molecule has 17 heavy (non-hydrogen) atoms. The number of aliphatic hydroxyl groups is 1. The first kappa shape index (κ1) is 14.4. The molecule has 0 aliphatic heterocycles. The van der Waals surface area contributed by atoms with Crippen LogP contribution in [0.15, 0.2) is 22.0 Å². The van der Waals surface area contributed by atoms with Crippen LogP contribution in [0.2, 0.25) is 0 Å². The summed E-state index contributed by atoms with van der Waals surface area (Å²) in [5.74, 6) is 0.0375. The number of rotatable bonds is 5. The lowest BCUT2D eigenvalue weighted by molar-refractivity contribution is -0.117. The molecule has 0 saturated carbocycles. The van der Waals surface area contributed by atoms with Gasteiger partial charge in [-0.2, -0.15) is 0 Å². The van der Waals surface area contributed by atoms with Gasteiger partial charge in [-0.25, -0.2) is 0 Å². The summed E-state index contributed by atoms with van der Waals surface area (Å²) in [4.78, 5) is 12.6. The minimum absolute atomic E-state index is 0.0399. The van der Waals surface area contributed by atoms with Gasteiger partial charge in [-0.15, -0.1) is 11.3 Å². The van der Waals surface area contributed by atoms with Crippen molar-refractivity contribution in [3.8, 4) is 0 Å². The Labute approximate surface area is 114 Å². The van der Waals surface area contributed by atoms with Gasteiger partial charge < -0.3 is 10.4 Å². The van der Waals surface area contributed by atoms with Crippen molar-refractivity contribution in [3.05, 3.63) is 26.9 Å². The van der Waals surface area contributed by atoms with Gasteiger partial charge in [0.25, 0.3) is 0 Å². The van der Waals surface area contributed by atoms with Crippen LogP contribution in [-0.4, -0.2) is 23.7 Å². The van der Waals surface area contributed by atoms with Gasteiger partial charge in [0, 0.05) is 11.0 Å². The fraction of sp³-hybridized carbons (Fsp3) is 0.417. The highest BCUT2D eigenvalue weighted by Gasteiger charge is 2.13. The molecule has 0 aliphatic rings. The summed E-state index contributed by atoms with van der Waals surface area (Å²) < 4.78 is 1.04. The summed E-state index contributed by atoms with van der Waals surface area (Å²) >= 11 is 4.92. The van der Waals surface area contributed by atoms with Crippen molar-refractivity contribution >= 4 is 39.2 Å². The maximum absolute atomic E-state index is 11.6. The van der Waals surface area contributed by atoms with Gasteiger partial charge in [0.15, 0.2) is 0 Å². The van der Waals surface area contributed by atoms with Crippen LogP contribution < -0.4 is 5.32 Å². The Bertz CT molecular complexity index is 401. The first-order valence-corrected chi connectivity index (χ1v) is 6.98. The van der Waals surface area contributed by atoms with Gasteiger partial charge in [-0.3, -0.25) is 4.79 Å². The number of aliphatic hydroxyl groups excluding tert-OH is 1. The smallest absolute Gasteiger partial charge is 0.244 e. The first-order chi connectivity index (χ1) is 8.02. The SMILES string of the molecule is CC(C)C(CO)NC(=O)C=Cc1ccc(Br)s1. The average molecular weight is 318 g/mol. The molecule has 2 N–H and O–H groups in total. The summed E-state index contributed by atoms with van der Waals surface area (Å²) in [5.41, 5.74) is 0. The molecule has 3 nitrogen and oxygen atoms in total. The molecule has 0 saturated heterocycles. The zero-order chi connectivity index (χ0) is 12.8. The van der Waals surface area contributed by atoms with Crippen molar-refractivity contribution < 1.29 is 9.90 Å². The summed E-state index contributed by atoms with van der Waals surface area (Å²) in [6.45, 7) is 3.88. The molecule has 1 aromatic heterocycles. The zero-order valence-corrected chi connectivity index (χ0v) is 12.2. The van der Waals surface area contributed by atoms with Crippen LogP contribution in [0.1, 0.15) is 18.7 Å². The highest BCUT2D eigenvalue weighted by Crippen LogP contribution is 2.22. The Morgan fingerprint density at radius 1 is 1.59 bits per heavy atom. The second-order valence-electron chi connectivity index (χ2n) is 4.02. The molecule has 1 aromatic rings. The molecule has 1 atom stereocenters. The van der Waals surface area contributed by atoms with Crippen molar-refractivity contribution in [2.45, 2.75) is 19.9 Å². The first-order valence-electron chi connectivity index (χ1n) is 5.37. The lowest BCUT2D eigenvalue weighted by Gasteiger charge is -2.18. The van der Waals surface area contributed by atoms with Crippen molar-refractivity contribution in [1.82, 2.24) is 5.32 Å². The molecular weight excluding hydrogens is 302 g/mol. The van der Waals surface area contributed by atoms with Crippen molar-refractivity contribution in [2.75, 3.05) is 6.61 Å². The van der Waals surface area contributed by atoms with Crippen LogP contribution in [-0.2, 0) is 4.79 Å². The topological polar surface area (TPSA) is 49.3 Å². The number of carbonyl (C=O) groups excluding carboxylic acids is 1. The van der Waals surface area contributed by atoms with Crippen LogP contribution in [0.5, 0.6) is 0 Å². The van der Waals surface area contributed by atoms with E-state index in [4.69, 9.17) is 5.11 Å². The van der Waals surface area contributed by atoms with E-state index in [9.17, 15) is 4.79 Å². The number of carbonyl (C=O) groups is 1. The van der Waals surface area contributed by atoms with Crippen molar-refractivity contribution in [3.63, 3.8) is 0 Å². The van der Waals surface area contributed by atoms with E-state index in [1.165, 1.54) is 6.08 Å². The third kappa shape index (κ3) is 5.02. The van der Waals surface area contributed by atoms with E-state index in [1.807, 2.05) is 26.0 Å². The third-order valence-corrected chi connectivity index (χ3v) is 3.91. The maximum Gasteiger partial charge on any atom is 0.244 e. The molecule has 0 radical (unpaired) electrons. The van der Waals surface area contributed by atoms with Crippen LogP contribution in [0.25, 0.3) is 6.08 Å². The number of hydrogen-bond acceptors (Lipinski definition) is 3. The van der Waals surface area contributed by atoms with Gasteiger partial charge in [0.05, 0.1) is 16.4 Å². The van der Waals surface area contributed by atoms with Crippen LogP contribution >= 0.6 is 27.3 Å². The predicted octanol–water partition coefficient (Wildman–Crippen LogP) is 2.66. The van der Waals surface area contributed by atoms with Gasteiger partial charge in [-0.1, -0.05) is 13.8 Å². The molecule has 0 aliphatic carbocycles. The molecule has 5 heteroatoms. The molecule has 1 heterocycles. The monoisotopic (exact) mass is 317 g/mol. The van der Waals surface area contributed by atoms with Crippen molar-refractivity contribution in [2.24, 2.45) is 5.92 Å². The predicted molar refractivity (Wildman–Crippen MR) is 74.9 cm³/mol. The normalized spacial score (nSPS) is 13.2. The lowest BCUT2D eigenvalue weighted by Crippen LogP contribution is -2.40. The van der Waals surface area contributed by atoms with E-state index in [-0.39, 0.29) is 24.5 Å². The summed E-state index contributed by atoms with van der Waals surface area (Å²) in [6, 6.07) is 3.68.